The second-order valence-corrected chi connectivity index (χ2v) is 7.97. The van der Waals surface area contributed by atoms with E-state index in [2.05, 4.69) is 20.3 Å². The lowest BCUT2D eigenvalue weighted by Crippen LogP contribution is -2.35. The fraction of sp³-hybridized carbons (Fsp3) is 0.304. The molecular formula is C23H20FN3O4. The van der Waals surface area contributed by atoms with Gasteiger partial charge in [-0.05, 0) is 42.6 Å². The number of carbonyl (C=O) groups is 2. The number of fused-ring (bicyclic) bond motifs is 1. The zero-order valence-corrected chi connectivity index (χ0v) is 16.9. The van der Waals surface area contributed by atoms with Gasteiger partial charge in [-0.2, -0.15) is 0 Å². The summed E-state index contributed by atoms with van der Waals surface area (Å²) in [4.78, 5) is 24.5. The van der Waals surface area contributed by atoms with Gasteiger partial charge in [-0.25, -0.2) is 9.02 Å². The highest BCUT2D eigenvalue weighted by molar-refractivity contribution is 5.99. The molecule has 1 atom stereocenters. The van der Waals surface area contributed by atoms with Gasteiger partial charge in [-0.3, -0.25) is 9.59 Å². The molecule has 158 valence electrons. The molecule has 1 unspecified atom stereocenters. The summed E-state index contributed by atoms with van der Waals surface area (Å²) in [5, 5.41) is 9.90. The molecule has 0 bridgehead atoms. The van der Waals surface area contributed by atoms with E-state index in [1.54, 1.807) is 13.0 Å². The van der Waals surface area contributed by atoms with Crippen molar-refractivity contribution in [2.45, 2.75) is 32.3 Å². The van der Waals surface area contributed by atoms with Crippen molar-refractivity contribution in [3.8, 4) is 16.9 Å². The predicted octanol–water partition coefficient (Wildman–Crippen LogP) is 3.51. The van der Waals surface area contributed by atoms with Gasteiger partial charge in [0.25, 0.3) is 5.91 Å². The summed E-state index contributed by atoms with van der Waals surface area (Å²) in [6.45, 7) is 1.81. The van der Waals surface area contributed by atoms with Crippen LogP contribution in [-0.2, 0) is 6.42 Å². The standard InChI is InChI=1S/C23H20FN3O4/c1-12-20(27-31-26-12)23(29)25-11-16-10-18-19(24)9-8-17(22(18)30-16)13-2-4-14(5-3-13)21(28)15-6-7-15/h2-5,8-9,15-16H,6-7,10-11H2,1H3,(H,25,29). The fourth-order valence-corrected chi connectivity index (χ4v) is 3.83. The van der Waals surface area contributed by atoms with E-state index in [0.29, 0.717) is 29.0 Å². The number of hydrogen-bond donors (Lipinski definition) is 1. The number of Topliss-reactive ketones (excluding diaryl/α,β-unsaturated/α-hetero) is 1. The Bertz CT molecular complexity index is 1170. The molecule has 1 amide bonds. The zero-order valence-electron chi connectivity index (χ0n) is 16.9. The summed E-state index contributed by atoms with van der Waals surface area (Å²) >= 11 is 0. The quantitative estimate of drug-likeness (QED) is 0.612. The number of ketones is 1. The Balaban J connectivity index is 1.32. The highest BCUT2D eigenvalue weighted by Crippen LogP contribution is 2.40. The molecule has 1 aromatic heterocycles. The minimum atomic E-state index is -0.421. The molecule has 0 spiro atoms. The van der Waals surface area contributed by atoms with Crippen molar-refractivity contribution in [2.75, 3.05) is 6.54 Å². The van der Waals surface area contributed by atoms with Crippen molar-refractivity contribution in [2.24, 2.45) is 5.92 Å². The van der Waals surface area contributed by atoms with Gasteiger partial charge in [0.15, 0.2) is 11.5 Å². The Kier molecular flexibility index (Phi) is 4.77. The van der Waals surface area contributed by atoms with Crippen molar-refractivity contribution >= 4 is 11.7 Å². The highest BCUT2D eigenvalue weighted by atomic mass is 19.1. The average molecular weight is 421 g/mol. The van der Waals surface area contributed by atoms with Gasteiger partial charge >= 0.3 is 0 Å². The molecule has 0 saturated heterocycles. The number of halogens is 1. The van der Waals surface area contributed by atoms with Crippen molar-refractivity contribution in [1.82, 2.24) is 15.6 Å². The monoisotopic (exact) mass is 421 g/mol. The third-order valence-electron chi connectivity index (χ3n) is 5.71. The number of benzene rings is 2. The average Bonchev–Trinajstić information content (AvgIpc) is 3.39. The van der Waals surface area contributed by atoms with Crippen LogP contribution in [0.15, 0.2) is 41.0 Å². The van der Waals surface area contributed by atoms with E-state index in [4.69, 9.17) is 4.74 Å². The SMILES string of the molecule is Cc1nonc1C(=O)NCC1Cc2c(F)ccc(-c3ccc(C(=O)C4CC4)cc3)c2O1. The number of rotatable bonds is 6. The van der Waals surface area contributed by atoms with E-state index in [1.807, 2.05) is 24.3 Å². The van der Waals surface area contributed by atoms with Crippen LogP contribution in [-0.4, -0.2) is 34.7 Å². The molecule has 1 saturated carbocycles. The molecule has 2 heterocycles. The van der Waals surface area contributed by atoms with Crippen molar-refractivity contribution < 1.29 is 23.3 Å². The number of aromatic nitrogens is 2. The summed E-state index contributed by atoms with van der Waals surface area (Å²) in [5.74, 6) is 0.0527. The molecule has 7 nitrogen and oxygen atoms in total. The first-order valence-electron chi connectivity index (χ1n) is 10.2. The third kappa shape index (κ3) is 3.69. The molecular weight excluding hydrogens is 401 g/mol. The smallest absolute Gasteiger partial charge is 0.275 e. The maximum absolute atomic E-state index is 14.5. The molecule has 1 N–H and O–H groups in total. The van der Waals surface area contributed by atoms with Crippen LogP contribution in [0.2, 0.25) is 0 Å². The molecule has 1 fully saturated rings. The Morgan fingerprint density at radius 1 is 1.13 bits per heavy atom. The minimum Gasteiger partial charge on any atom is -0.487 e. The molecule has 3 aromatic rings. The number of amides is 1. The Hall–Kier alpha value is -3.55. The first-order valence-corrected chi connectivity index (χ1v) is 10.2. The van der Waals surface area contributed by atoms with Crippen molar-refractivity contribution in [3.05, 3.63) is 64.7 Å². The summed E-state index contributed by atoms with van der Waals surface area (Å²) in [5.41, 5.74) is 3.29. The second kappa shape index (κ2) is 7.61. The maximum Gasteiger partial charge on any atom is 0.275 e. The molecule has 31 heavy (non-hydrogen) atoms. The molecule has 2 aliphatic rings. The van der Waals surface area contributed by atoms with Gasteiger partial charge in [0, 0.05) is 29.0 Å². The molecule has 8 heteroatoms. The summed E-state index contributed by atoms with van der Waals surface area (Å²) in [6, 6.07) is 10.5. The van der Waals surface area contributed by atoms with Crippen LogP contribution in [0.25, 0.3) is 11.1 Å². The van der Waals surface area contributed by atoms with Gasteiger partial charge in [0.1, 0.15) is 23.4 Å². The van der Waals surface area contributed by atoms with Crippen LogP contribution in [0, 0.1) is 18.7 Å². The zero-order chi connectivity index (χ0) is 21.5. The lowest BCUT2D eigenvalue weighted by atomic mass is 9.98. The fourth-order valence-electron chi connectivity index (χ4n) is 3.83. The number of hydrogen-bond acceptors (Lipinski definition) is 6. The predicted molar refractivity (Wildman–Crippen MR) is 108 cm³/mol. The van der Waals surface area contributed by atoms with Gasteiger partial charge in [-0.1, -0.05) is 29.4 Å². The van der Waals surface area contributed by atoms with Crippen molar-refractivity contribution in [3.63, 3.8) is 0 Å². The van der Waals surface area contributed by atoms with E-state index < -0.39 is 12.0 Å². The molecule has 0 radical (unpaired) electrons. The van der Waals surface area contributed by atoms with Gasteiger partial charge < -0.3 is 10.1 Å². The summed E-state index contributed by atoms with van der Waals surface area (Å²) in [6.07, 6.45) is 1.85. The maximum atomic E-state index is 14.5. The van der Waals surface area contributed by atoms with Gasteiger partial charge in [0.2, 0.25) is 0 Å². The lowest BCUT2D eigenvalue weighted by molar-refractivity contribution is 0.0922. The first-order chi connectivity index (χ1) is 15.0. The third-order valence-corrected chi connectivity index (χ3v) is 5.71. The second-order valence-electron chi connectivity index (χ2n) is 7.97. The Morgan fingerprint density at radius 3 is 2.58 bits per heavy atom. The van der Waals surface area contributed by atoms with Crippen LogP contribution < -0.4 is 10.1 Å². The van der Waals surface area contributed by atoms with E-state index in [0.717, 1.165) is 24.0 Å². The topological polar surface area (TPSA) is 94.3 Å². The van der Waals surface area contributed by atoms with Gasteiger partial charge in [0.05, 0.1) is 6.54 Å². The Labute approximate surface area is 177 Å². The Morgan fingerprint density at radius 2 is 1.90 bits per heavy atom. The normalized spacial score (nSPS) is 17.2. The molecule has 1 aliphatic heterocycles. The number of aryl methyl sites for hydroxylation is 1. The van der Waals surface area contributed by atoms with Crippen LogP contribution in [0.1, 0.15) is 44.9 Å². The number of carbonyl (C=O) groups excluding carboxylic acids is 2. The minimum absolute atomic E-state index is 0.114. The van der Waals surface area contributed by atoms with E-state index in [9.17, 15) is 14.0 Å². The van der Waals surface area contributed by atoms with Crippen LogP contribution in [0.3, 0.4) is 0 Å². The molecule has 2 aromatic carbocycles. The molecule has 5 rings (SSSR count). The number of nitrogens with zero attached hydrogens (tertiary/aromatic N) is 2. The molecule has 1 aliphatic carbocycles. The van der Waals surface area contributed by atoms with Crippen LogP contribution in [0.5, 0.6) is 5.75 Å². The summed E-state index contributed by atoms with van der Waals surface area (Å²) < 4.78 is 25.0. The van der Waals surface area contributed by atoms with E-state index in [1.165, 1.54) is 6.07 Å². The highest BCUT2D eigenvalue weighted by Gasteiger charge is 2.31. The van der Waals surface area contributed by atoms with Crippen molar-refractivity contribution in [1.29, 1.82) is 0 Å². The van der Waals surface area contributed by atoms with Crippen LogP contribution in [0.4, 0.5) is 4.39 Å². The lowest BCUT2D eigenvalue weighted by Gasteiger charge is -2.13. The van der Waals surface area contributed by atoms with E-state index in [-0.39, 0.29) is 29.8 Å². The van der Waals surface area contributed by atoms with E-state index >= 15 is 0 Å². The van der Waals surface area contributed by atoms with Gasteiger partial charge in [-0.15, -0.1) is 0 Å². The summed E-state index contributed by atoms with van der Waals surface area (Å²) in [7, 11) is 0. The first kappa shape index (κ1) is 19.4. The van der Waals surface area contributed by atoms with Crippen LogP contribution >= 0.6 is 0 Å². The largest absolute Gasteiger partial charge is 0.487 e. The number of nitrogens with one attached hydrogen (secondary N) is 1. The number of ether oxygens (including phenoxy) is 1.